The first-order valence-electron chi connectivity index (χ1n) is 7.42. The van der Waals surface area contributed by atoms with Gasteiger partial charge in [0.2, 0.25) is 0 Å². The summed E-state index contributed by atoms with van der Waals surface area (Å²) in [5, 5.41) is 0. The molecule has 0 aliphatic heterocycles. The third-order valence-corrected chi connectivity index (χ3v) is 4.53. The molecule has 21 heavy (non-hydrogen) atoms. The van der Waals surface area contributed by atoms with Crippen LogP contribution in [-0.2, 0) is 14.2 Å². The molecule has 0 radical (unpaired) electrons. The fourth-order valence-corrected chi connectivity index (χ4v) is 2.20. The van der Waals surface area contributed by atoms with E-state index in [0.29, 0.717) is 13.4 Å². The van der Waals surface area contributed by atoms with Crippen molar-refractivity contribution in [3.8, 4) is 12.3 Å². The summed E-state index contributed by atoms with van der Waals surface area (Å²) in [6.45, 7) is 14.1. The molecule has 4 heteroatoms. The highest BCUT2D eigenvalue weighted by Crippen LogP contribution is 2.08. The summed E-state index contributed by atoms with van der Waals surface area (Å²) in [5.41, 5.74) is 0. The van der Waals surface area contributed by atoms with Crippen molar-refractivity contribution < 1.29 is 14.2 Å². The summed E-state index contributed by atoms with van der Waals surface area (Å²) in [5.74, 6) is 2.45. The zero-order valence-electron chi connectivity index (χ0n) is 13.9. The molecule has 0 aromatic heterocycles. The molecule has 0 rings (SSSR count). The van der Waals surface area contributed by atoms with E-state index in [1.165, 1.54) is 0 Å². The molecule has 0 aliphatic carbocycles. The van der Waals surface area contributed by atoms with Crippen molar-refractivity contribution in [3.63, 3.8) is 0 Å². The lowest BCUT2D eigenvalue weighted by molar-refractivity contribution is -0.0666. The van der Waals surface area contributed by atoms with E-state index in [9.17, 15) is 0 Å². The van der Waals surface area contributed by atoms with Crippen LogP contribution in [0.15, 0.2) is 24.8 Å². The fraction of sp³-hybridized carbons (Fsp3) is 0.647. The maximum atomic E-state index is 5.56. The normalized spacial score (nSPS) is 14.8. The Morgan fingerprint density at radius 2 is 2.00 bits per heavy atom. The van der Waals surface area contributed by atoms with Crippen molar-refractivity contribution in [3.05, 3.63) is 24.8 Å². The summed E-state index contributed by atoms with van der Waals surface area (Å²) in [6, 6.07) is 1.16. The van der Waals surface area contributed by atoms with Gasteiger partial charge in [0.25, 0.3) is 0 Å². The second-order valence-electron chi connectivity index (χ2n) is 6.16. The van der Waals surface area contributed by atoms with Crippen LogP contribution in [0, 0.1) is 12.3 Å². The monoisotopic (exact) mass is 310 g/mol. The van der Waals surface area contributed by atoms with Gasteiger partial charge < -0.3 is 14.2 Å². The molecule has 0 saturated carbocycles. The van der Waals surface area contributed by atoms with Crippen LogP contribution in [0.2, 0.25) is 25.7 Å². The predicted molar refractivity (Wildman–Crippen MR) is 92.0 cm³/mol. The molecule has 3 nitrogen and oxygen atoms in total. The van der Waals surface area contributed by atoms with Crippen LogP contribution in [-0.4, -0.2) is 40.3 Å². The van der Waals surface area contributed by atoms with Crippen LogP contribution in [0.3, 0.4) is 0 Å². The van der Waals surface area contributed by atoms with E-state index in [4.69, 9.17) is 20.6 Å². The van der Waals surface area contributed by atoms with Gasteiger partial charge in [-0.25, -0.2) is 0 Å². The Balaban J connectivity index is 3.73. The molecule has 0 aromatic carbocycles. The van der Waals surface area contributed by atoms with Gasteiger partial charge in [-0.05, 0) is 19.4 Å². The minimum absolute atomic E-state index is 0.0231. The minimum Gasteiger partial charge on any atom is -0.361 e. The van der Waals surface area contributed by atoms with Gasteiger partial charge in [-0.3, -0.25) is 0 Å². The van der Waals surface area contributed by atoms with Crippen molar-refractivity contribution in [1.82, 2.24) is 0 Å². The van der Waals surface area contributed by atoms with Gasteiger partial charge >= 0.3 is 0 Å². The van der Waals surface area contributed by atoms with Crippen LogP contribution < -0.4 is 0 Å². The van der Waals surface area contributed by atoms with Crippen molar-refractivity contribution in [2.24, 2.45) is 0 Å². The lowest BCUT2D eigenvalue weighted by atomic mass is 10.2. The lowest BCUT2D eigenvalue weighted by Crippen LogP contribution is -2.22. The van der Waals surface area contributed by atoms with Crippen molar-refractivity contribution in [1.29, 1.82) is 0 Å². The summed E-state index contributed by atoms with van der Waals surface area (Å²) >= 11 is 0. The smallest absolute Gasteiger partial charge is 0.147 e. The van der Waals surface area contributed by atoms with E-state index >= 15 is 0 Å². The van der Waals surface area contributed by atoms with Crippen LogP contribution in [0.4, 0.5) is 0 Å². The fourth-order valence-electron chi connectivity index (χ4n) is 1.44. The molecule has 0 fully saturated rings. The zero-order valence-corrected chi connectivity index (χ0v) is 14.9. The first-order valence-corrected chi connectivity index (χ1v) is 11.1. The van der Waals surface area contributed by atoms with Gasteiger partial charge in [-0.2, -0.15) is 0 Å². The van der Waals surface area contributed by atoms with Gasteiger partial charge in [0.1, 0.15) is 13.4 Å². The van der Waals surface area contributed by atoms with Gasteiger partial charge in [0.15, 0.2) is 0 Å². The second kappa shape index (κ2) is 11.8. The topological polar surface area (TPSA) is 27.7 Å². The SMILES string of the molecule is C#CCO[C@H](C=C)C/C=C\[C@@H](C)OCOCC[Si](C)(C)C. The number of terminal acetylenes is 1. The predicted octanol–water partition coefficient (Wildman–Crippen LogP) is 3.85. The van der Waals surface area contributed by atoms with Crippen molar-refractivity contribution in [2.45, 2.75) is 51.2 Å². The Kier molecular flexibility index (Phi) is 11.3. The highest BCUT2D eigenvalue weighted by atomic mass is 28.3. The molecule has 0 aliphatic rings. The molecule has 0 aromatic rings. The lowest BCUT2D eigenvalue weighted by Gasteiger charge is -2.16. The number of hydrogen-bond acceptors (Lipinski definition) is 3. The summed E-state index contributed by atoms with van der Waals surface area (Å²) in [7, 11) is -1.02. The molecule has 0 saturated heterocycles. The third kappa shape index (κ3) is 13.9. The van der Waals surface area contributed by atoms with Crippen LogP contribution in [0.1, 0.15) is 13.3 Å². The minimum atomic E-state index is -1.02. The molecule has 0 spiro atoms. The Hall–Kier alpha value is -0.863. The summed E-state index contributed by atoms with van der Waals surface area (Å²) in [4.78, 5) is 0. The molecular weight excluding hydrogens is 280 g/mol. The second-order valence-corrected chi connectivity index (χ2v) is 11.8. The molecule has 2 atom stereocenters. The van der Waals surface area contributed by atoms with Gasteiger partial charge in [0, 0.05) is 14.7 Å². The van der Waals surface area contributed by atoms with Crippen LogP contribution in [0.5, 0.6) is 0 Å². The molecule has 0 amide bonds. The van der Waals surface area contributed by atoms with Crippen LogP contribution in [0.25, 0.3) is 0 Å². The standard InChI is InChI=1S/C17H30O3Si/c1-7-12-19-17(8-2)11-9-10-16(3)20-15-18-13-14-21(4,5)6/h1,8-10,16-17H,2,11-15H2,3-6H3/b10-9-/t16-,17-/m1/s1. The molecular formula is C17H30O3Si. The third-order valence-electron chi connectivity index (χ3n) is 2.83. The number of hydrogen-bond donors (Lipinski definition) is 0. The molecule has 0 bridgehead atoms. The molecule has 0 heterocycles. The highest BCUT2D eigenvalue weighted by molar-refractivity contribution is 6.76. The quantitative estimate of drug-likeness (QED) is 0.180. The van der Waals surface area contributed by atoms with Gasteiger partial charge in [-0.15, -0.1) is 13.0 Å². The number of rotatable bonds is 12. The van der Waals surface area contributed by atoms with E-state index in [0.717, 1.165) is 19.1 Å². The first-order chi connectivity index (χ1) is 9.89. The van der Waals surface area contributed by atoms with Crippen molar-refractivity contribution >= 4 is 8.07 Å². The van der Waals surface area contributed by atoms with E-state index in [1.807, 2.05) is 19.1 Å². The highest BCUT2D eigenvalue weighted by Gasteiger charge is 2.11. The van der Waals surface area contributed by atoms with E-state index in [2.05, 4.69) is 32.1 Å². The molecule has 0 unspecified atom stereocenters. The number of ether oxygens (including phenoxy) is 3. The average Bonchev–Trinajstić information content (AvgIpc) is 2.41. The van der Waals surface area contributed by atoms with Crippen LogP contribution >= 0.6 is 0 Å². The average molecular weight is 311 g/mol. The van der Waals surface area contributed by atoms with E-state index in [1.54, 1.807) is 6.08 Å². The largest absolute Gasteiger partial charge is 0.361 e. The zero-order chi connectivity index (χ0) is 16.1. The summed E-state index contributed by atoms with van der Waals surface area (Å²) < 4.78 is 16.5. The first kappa shape index (κ1) is 20.1. The Bertz CT molecular complexity index is 339. The maximum Gasteiger partial charge on any atom is 0.147 e. The van der Waals surface area contributed by atoms with Gasteiger partial charge in [0.05, 0.1) is 12.2 Å². The molecule has 0 N–H and O–H groups in total. The van der Waals surface area contributed by atoms with E-state index in [-0.39, 0.29) is 12.2 Å². The maximum absolute atomic E-state index is 5.56. The van der Waals surface area contributed by atoms with Gasteiger partial charge in [-0.1, -0.05) is 43.8 Å². The summed E-state index contributed by atoms with van der Waals surface area (Å²) in [6.07, 6.45) is 11.7. The Labute approximate surface area is 131 Å². The Morgan fingerprint density at radius 3 is 2.57 bits per heavy atom. The van der Waals surface area contributed by atoms with Crippen molar-refractivity contribution in [2.75, 3.05) is 20.0 Å². The molecule has 120 valence electrons. The van der Waals surface area contributed by atoms with E-state index < -0.39 is 8.07 Å². The Morgan fingerprint density at radius 1 is 1.29 bits per heavy atom.